The van der Waals surface area contributed by atoms with Crippen molar-refractivity contribution in [1.29, 1.82) is 0 Å². The Morgan fingerprint density at radius 3 is 2.42 bits per heavy atom. The van der Waals surface area contributed by atoms with Crippen molar-refractivity contribution in [1.82, 2.24) is 5.43 Å². The molecule has 0 radical (unpaired) electrons. The highest BCUT2D eigenvalue weighted by molar-refractivity contribution is 9.10. The van der Waals surface area contributed by atoms with Crippen LogP contribution >= 0.6 is 27.5 Å². The van der Waals surface area contributed by atoms with E-state index < -0.39 is 22.5 Å². The highest BCUT2D eigenvalue weighted by Gasteiger charge is 2.22. The predicted octanol–water partition coefficient (Wildman–Crippen LogP) is 4.60. The maximum atomic E-state index is 12.3. The number of nitrogens with one attached hydrogen (secondary N) is 1. The highest BCUT2D eigenvalue weighted by atomic mass is 79.9. The van der Waals surface area contributed by atoms with E-state index in [0.717, 1.165) is 21.7 Å². The van der Waals surface area contributed by atoms with Crippen molar-refractivity contribution in [2.45, 2.75) is 6.61 Å². The summed E-state index contributed by atoms with van der Waals surface area (Å²) in [5, 5.41) is 4.56. The Morgan fingerprint density at radius 1 is 1.09 bits per heavy atom. The molecule has 0 saturated carbocycles. The fraction of sp³-hybridized carbons (Fsp3) is 0.130. The van der Waals surface area contributed by atoms with Gasteiger partial charge in [-0.2, -0.15) is 5.10 Å². The van der Waals surface area contributed by atoms with E-state index >= 15 is 0 Å². The summed E-state index contributed by atoms with van der Waals surface area (Å²) < 4.78 is 31.7. The maximum absolute atomic E-state index is 12.3. The molecule has 1 amide bonds. The van der Waals surface area contributed by atoms with Crippen LogP contribution in [0.2, 0.25) is 5.02 Å². The van der Waals surface area contributed by atoms with Gasteiger partial charge in [-0.05, 0) is 64.0 Å². The van der Waals surface area contributed by atoms with Gasteiger partial charge in [0.15, 0.2) is 0 Å². The molecular formula is C23H21BrClN3O4S. The largest absolute Gasteiger partial charge is 0.489 e. The lowest BCUT2D eigenvalue weighted by Gasteiger charge is -2.22. The summed E-state index contributed by atoms with van der Waals surface area (Å²) in [6.45, 7) is -0.0643. The number of hydrazone groups is 1. The summed E-state index contributed by atoms with van der Waals surface area (Å²) in [5.74, 6) is 0.0838. The molecule has 0 spiro atoms. The second kappa shape index (κ2) is 11.3. The molecule has 1 N–H and O–H groups in total. The van der Waals surface area contributed by atoms with Crippen LogP contribution in [0, 0.1) is 0 Å². The monoisotopic (exact) mass is 549 g/mol. The Balaban J connectivity index is 1.56. The first-order valence-electron chi connectivity index (χ1n) is 9.74. The van der Waals surface area contributed by atoms with Crippen molar-refractivity contribution in [3.8, 4) is 5.75 Å². The van der Waals surface area contributed by atoms with Crippen LogP contribution in [0.1, 0.15) is 11.1 Å². The lowest BCUT2D eigenvalue weighted by atomic mass is 10.2. The van der Waals surface area contributed by atoms with Crippen LogP contribution in [0.4, 0.5) is 5.69 Å². The van der Waals surface area contributed by atoms with E-state index in [1.165, 1.54) is 6.21 Å². The van der Waals surface area contributed by atoms with E-state index in [-0.39, 0.29) is 0 Å². The first-order chi connectivity index (χ1) is 15.7. The predicted molar refractivity (Wildman–Crippen MR) is 134 cm³/mol. The lowest BCUT2D eigenvalue weighted by Crippen LogP contribution is -2.39. The number of carbonyl (C=O) groups excluding carboxylic acids is 1. The summed E-state index contributed by atoms with van der Waals surface area (Å²) in [7, 11) is -3.68. The van der Waals surface area contributed by atoms with Crippen molar-refractivity contribution in [2.75, 3.05) is 17.1 Å². The van der Waals surface area contributed by atoms with Gasteiger partial charge in [0, 0.05) is 15.1 Å². The highest BCUT2D eigenvalue weighted by Crippen LogP contribution is 2.27. The number of ether oxygens (including phenoxy) is 1. The van der Waals surface area contributed by atoms with Crippen LogP contribution in [-0.4, -0.2) is 33.3 Å². The van der Waals surface area contributed by atoms with Crippen LogP contribution in [0.25, 0.3) is 0 Å². The summed E-state index contributed by atoms with van der Waals surface area (Å²) in [4.78, 5) is 12.3. The molecule has 0 atom stereocenters. The molecule has 0 heterocycles. The molecule has 0 aliphatic carbocycles. The molecule has 0 aliphatic heterocycles. The van der Waals surface area contributed by atoms with Gasteiger partial charge in [0.1, 0.15) is 18.9 Å². The molecule has 0 fully saturated rings. The SMILES string of the molecule is CS(=O)(=O)N(CC(=O)N/N=C\c1ccc(OCc2ccccc2Cl)cc1)c1ccccc1Br. The van der Waals surface area contributed by atoms with Crippen LogP contribution in [0.5, 0.6) is 5.75 Å². The second-order valence-corrected chi connectivity index (χ2v) is 10.1. The van der Waals surface area contributed by atoms with Gasteiger partial charge in [0.25, 0.3) is 5.91 Å². The maximum Gasteiger partial charge on any atom is 0.260 e. The Kier molecular flexibility index (Phi) is 8.49. The van der Waals surface area contributed by atoms with Crippen molar-refractivity contribution in [3.63, 3.8) is 0 Å². The zero-order valence-corrected chi connectivity index (χ0v) is 20.8. The average molecular weight is 551 g/mol. The molecule has 3 rings (SSSR count). The number of hydrogen-bond acceptors (Lipinski definition) is 5. The topological polar surface area (TPSA) is 88.1 Å². The molecule has 172 valence electrons. The molecule has 3 aromatic carbocycles. The number of nitrogens with zero attached hydrogens (tertiary/aromatic N) is 2. The quantitative estimate of drug-likeness (QED) is 0.312. The molecule has 0 aromatic heterocycles. The number of benzene rings is 3. The summed E-state index contributed by atoms with van der Waals surface area (Å²) in [5.41, 5.74) is 4.34. The first kappa shape index (κ1) is 24.8. The van der Waals surface area contributed by atoms with Crippen LogP contribution in [0.3, 0.4) is 0 Å². The van der Waals surface area contributed by atoms with Crippen molar-refractivity contribution >= 4 is 55.4 Å². The summed E-state index contributed by atoms with van der Waals surface area (Å²) in [6.07, 6.45) is 2.50. The zero-order valence-electron chi connectivity index (χ0n) is 17.6. The number of halogens is 2. The second-order valence-electron chi connectivity index (χ2n) is 6.96. The van der Waals surface area contributed by atoms with Crippen LogP contribution < -0.4 is 14.5 Å². The third kappa shape index (κ3) is 7.31. The molecular weight excluding hydrogens is 530 g/mol. The fourth-order valence-corrected chi connectivity index (χ4v) is 4.48. The van der Waals surface area contributed by atoms with E-state index in [1.807, 2.05) is 24.3 Å². The standard InChI is InChI=1S/C23H21BrClN3O4S/c1-33(30,31)28(22-9-5-3-7-20(22)24)15-23(29)27-26-14-17-10-12-19(13-11-17)32-16-18-6-2-4-8-21(18)25/h2-14H,15-16H2,1H3,(H,27,29)/b26-14-. The molecule has 0 aliphatic rings. The van der Waals surface area contributed by atoms with Gasteiger partial charge in [0.2, 0.25) is 10.0 Å². The molecule has 3 aromatic rings. The van der Waals surface area contributed by atoms with Crippen molar-refractivity contribution < 1.29 is 17.9 Å². The zero-order chi connectivity index (χ0) is 23.8. The third-order valence-corrected chi connectivity index (χ3v) is 6.61. The van der Waals surface area contributed by atoms with Gasteiger partial charge in [-0.3, -0.25) is 9.10 Å². The lowest BCUT2D eigenvalue weighted by molar-refractivity contribution is -0.119. The van der Waals surface area contributed by atoms with E-state index in [1.54, 1.807) is 48.5 Å². The number of para-hydroxylation sites is 1. The number of rotatable bonds is 9. The Morgan fingerprint density at radius 2 is 1.76 bits per heavy atom. The van der Waals surface area contributed by atoms with Gasteiger partial charge in [0.05, 0.1) is 18.2 Å². The molecule has 0 unspecified atom stereocenters. The average Bonchev–Trinajstić information content (AvgIpc) is 2.78. The smallest absolute Gasteiger partial charge is 0.260 e. The Labute approximate surface area is 206 Å². The molecule has 10 heteroatoms. The Bertz CT molecular complexity index is 1250. The molecule has 33 heavy (non-hydrogen) atoms. The van der Waals surface area contributed by atoms with E-state index in [9.17, 15) is 13.2 Å². The van der Waals surface area contributed by atoms with Gasteiger partial charge < -0.3 is 4.74 Å². The van der Waals surface area contributed by atoms with Crippen molar-refractivity contribution in [2.24, 2.45) is 5.10 Å². The van der Waals surface area contributed by atoms with Gasteiger partial charge in [-0.15, -0.1) is 0 Å². The number of anilines is 1. The van der Waals surface area contributed by atoms with Gasteiger partial charge >= 0.3 is 0 Å². The number of hydrogen-bond donors (Lipinski definition) is 1. The minimum atomic E-state index is -3.68. The van der Waals surface area contributed by atoms with E-state index in [4.69, 9.17) is 16.3 Å². The minimum Gasteiger partial charge on any atom is -0.489 e. The first-order valence-corrected chi connectivity index (χ1v) is 12.8. The van der Waals surface area contributed by atoms with Gasteiger partial charge in [-0.25, -0.2) is 13.8 Å². The fourth-order valence-electron chi connectivity index (χ4n) is 2.81. The van der Waals surface area contributed by atoms with E-state index in [2.05, 4.69) is 26.5 Å². The molecule has 0 bridgehead atoms. The van der Waals surface area contributed by atoms with Crippen molar-refractivity contribution in [3.05, 3.63) is 93.4 Å². The Hall–Kier alpha value is -2.88. The minimum absolute atomic E-state index is 0.345. The number of amides is 1. The third-order valence-electron chi connectivity index (χ3n) is 4.44. The van der Waals surface area contributed by atoms with Gasteiger partial charge in [-0.1, -0.05) is 41.9 Å². The molecule has 0 saturated heterocycles. The van der Waals surface area contributed by atoms with Crippen LogP contribution in [-0.2, 0) is 21.4 Å². The van der Waals surface area contributed by atoms with Crippen LogP contribution in [0.15, 0.2) is 82.4 Å². The van der Waals surface area contributed by atoms with E-state index in [0.29, 0.717) is 27.5 Å². The summed E-state index contributed by atoms with van der Waals surface area (Å²) >= 11 is 9.44. The molecule has 7 nitrogen and oxygen atoms in total. The number of sulfonamides is 1. The number of carbonyl (C=O) groups is 1. The normalized spacial score (nSPS) is 11.4. The summed E-state index contributed by atoms with van der Waals surface area (Å²) in [6, 6.07) is 21.3.